The Morgan fingerprint density at radius 1 is 1.35 bits per heavy atom. The van der Waals surface area contributed by atoms with Gasteiger partial charge in [0.05, 0.1) is 12.7 Å². The fourth-order valence-electron chi connectivity index (χ4n) is 1.18. The molecule has 0 bridgehead atoms. The molecule has 1 aromatic carbocycles. The van der Waals surface area contributed by atoms with Gasteiger partial charge in [0.1, 0.15) is 5.75 Å². The van der Waals surface area contributed by atoms with Crippen LogP contribution in [-0.2, 0) is 16.1 Å². The first-order valence-electron chi connectivity index (χ1n) is 5.67. The molecule has 0 heterocycles. The van der Waals surface area contributed by atoms with Gasteiger partial charge < -0.3 is 14.6 Å². The van der Waals surface area contributed by atoms with E-state index in [4.69, 9.17) is 14.6 Å². The largest absolute Gasteiger partial charge is 0.482 e. The summed E-state index contributed by atoms with van der Waals surface area (Å²) in [4.78, 5) is 11.3. The van der Waals surface area contributed by atoms with Gasteiger partial charge in [-0.15, -0.1) is 0 Å². The number of aliphatic hydroxyl groups is 1. The Morgan fingerprint density at radius 2 is 2.00 bits per heavy atom. The van der Waals surface area contributed by atoms with Crippen molar-refractivity contribution in [2.75, 3.05) is 6.61 Å². The van der Waals surface area contributed by atoms with Gasteiger partial charge in [0.2, 0.25) is 0 Å². The lowest BCUT2D eigenvalue weighted by Gasteiger charge is -2.11. The van der Waals surface area contributed by atoms with E-state index in [1.807, 2.05) is 13.8 Å². The second-order valence-corrected chi connectivity index (χ2v) is 3.80. The minimum atomic E-state index is -0.370. The third-order valence-corrected chi connectivity index (χ3v) is 2.37. The van der Waals surface area contributed by atoms with Gasteiger partial charge in [-0.1, -0.05) is 19.1 Å². The van der Waals surface area contributed by atoms with Crippen LogP contribution in [0.3, 0.4) is 0 Å². The molecule has 4 heteroatoms. The van der Waals surface area contributed by atoms with Crippen molar-refractivity contribution in [1.82, 2.24) is 0 Å². The predicted octanol–water partition coefficient (Wildman–Crippen LogP) is 1.90. The molecule has 0 amide bonds. The van der Waals surface area contributed by atoms with E-state index in [2.05, 4.69) is 0 Å². The van der Waals surface area contributed by atoms with Gasteiger partial charge >= 0.3 is 5.97 Å². The average molecular weight is 238 g/mol. The maximum Gasteiger partial charge on any atom is 0.344 e. The van der Waals surface area contributed by atoms with E-state index in [0.29, 0.717) is 5.75 Å². The molecule has 1 rings (SSSR count). The van der Waals surface area contributed by atoms with E-state index in [-0.39, 0.29) is 25.3 Å². The van der Waals surface area contributed by atoms with Crippen LogP contribution in [0, 0.1) is 0 Å². The SMILES string of the molecule is CCC(C)OC(=O)COc1ccc(CO)cc1. The smallest absolute Gasteiger partial charge is 0.344 e. The zero-order chi connectivity index (χ0) is 12.7. The second-order valence-electron chi connectivity index (χ2n) is 3.80. The van der Waals surface area contributed by atoms with Crippen molar-refractivity contribution in [1.29, 1.82) is 0 Å². The highest BCUT2D eigenvalue weighted by molar-refractivity contribution is 5.71. The topological polar surface area (TPSA) is 55.8 Å². The minimum Gasteiger partial charge on any atom is -0.482 e. The lowest BCUT2D eigenvalue weighted by Crippen LogP contribution is -2.20. The summed E-state index contributed by atoms with van der Waals surface area (Å²) in [5, 5.41) is 8.86. The molecule has 94 valence electrons. The molecule has 0 aliphatic rings. The normalized spacial score (nSPS) is 11.9. The molecular formula is C13H18O4. The van der Waals surface area contributed by atoms with Crippen LogP contribution in [-0.4, -0.2) is 23.8 Å². The predicted molar refractivity (Wildman–Crippen MR) is 63.7 cm³/mol. The summed E-state index contributed by atoms with van der Waals surface area (Å²) in [7, 11) is 0. The van der Waals surface area contributed by atoms with Gasteiger partial charge in [-0.25, -0.2) is 4.79 Å². The van der Waals surface area contributed by atoms with E-state index < -0.39 is 0 Å². The van der Waals surface area contributed by atoms with Crippen LogP contribution < -0.4 is 4.74 Å². The lowest BCUT2D eigenvalue weighted by atomic mass is 10.2. The van der Waals surface area contributed by atoms with Crippen molar-refractivity contribution in [3.05, 3.63) is 29.8 Å². The van der Waals surface area contributed by atoms with Crippen LogP contribution in [0.5, 0.6) is 5.75 Å². The molecule has 1 N–H and O–H groups in total. The summed E-state index contributed by atoms with van der Waals surface area (Å²) >= 11 is 0. The summed E-state index contributed by atoms with van der Waals surface area (Å²) in [5.41, 5.74) is 0.805. The Bertz CT molecular complexity index is 345. The first kappa shape index (κ1) is 13.5. The van der Waals surface area contributed by atoms with Crippen molar-refractivity contribution < 1.29 is 19.4 Å². The Balaban J connectivity index is 2.36. The third-order valence-electron chi connectivity index (χ3n) is 2.37. The third kappa shape index (κ3) is 4.87. The van der Waals surface area contributed by atoms with Gasteiger partial charge in [0, 0.05) is 0 Å². The molecule has 0 fully saturated rings. The highest BCUT2D eigenvalue weighted by Gasteiger charge is 2.08. The van der Waals surface area contributed by atoms with Crippen molar-refractivity contribution in [2.45, 2.75) is 33.0 Å². The van der Waals surface area contributed by atoms with Crippen LogP contribution in [0.2, 0.25) is 0 Å². The highest BCUT2D eigenvalue weighted by atomic mass is 16.6. The number of carbonyl (C=O) groups is 1. The molecule has 0 aliphatic carbocycles. The standard InChI is InChI=1S/C13H18O4/c1-3-10(2)17-13(15)9-16-12-6-4-11(8-14)5-7-12/h4-7,10,14H,3,8-9H2,1-2H3. The van der Waals surface area contributed by atoms with E-state index in [1.54, 1.807) is 24.3 Å². The monoisotopic (exact) mass is 238 g/mol. The lowest BCUT2D eigenvalue weighted by molar-refractivity contribution is -0.150. The van der Waals surface area contributed by atoms with Gasteiger partial charge in [-0.2, -0.15) is 0 Å². The first-order valence-corrected chi connectivity index (χ1v) is 5.67. The number of rotatable bonds is 6. The number of carbonyl (C=O) groups excluding carboxylic acids is 1. The van der Waals surface area contributed by atoms with Crippen LogP contribution >= 0.6 is 0 Å². The maximum atomic E-state index is 11.3. The summed E-state index contributed by atoms with van der Waals surface area (Å²) in [6, 6.07) is 6.91. The molecular weight excluding hydrogens is 220 g/mol. The van der Waals surface area contributed by atoms with Crippen molar-refractivity contribution >= 4 is 5.97 Å². The zero-order valence-corrected chi connectivity index (χ0v) is 10.2. The zero-order valence-electron chi connectivity index (χ0n) is 10.2. The highest BCUT2D eigenvalue weighted by Crippen LogP contribution is 2.12. The molecule has 0 saturated heterocycles. The number of hydrogen-bond donors (Lipinski definition) is 1. The Hall–Kier alpha value is -1.55. The van der Waals surface area contributed by atoms with Crippen LogP contribution in [0.15, 0.2) is 24.3 Å². The maximum absolute atomic E-state index is 11.3. The van der Waals surface area contributed by atoms with Gasteiger partial charge in [0.15, 0.2) is 6.61 Å². The summed E-state index contributed by atoms with van der Waals surface area (Å²) in [6.45, 7) is 3.69. The first-order chi connectivity index (χ1) is 8.15. The molecule has 1 aromatic rings. The number of hydrogen-bond acceptors (Lipinski definition) is 4. The molecule has 0 radical (unpaired) electrons. The van der Waals surface area contributed by atoms with Gasteiger partial charge in [-0.3, -0.25) is 0 Å². The van der Waals surface area contributed by atoms with E-state index in [1.165, 1.54) is 0 Å². The molecule has 1 atom stereocenters. The molecule has 0 spiro atoms. The number of benzene rings is 1. The number of aliphatic hydroxyl groups excluding tert-OH is 1. The molecule has 0 aromatic heterocycles. The summed E-state index contributed by atoms with van der Waals surface area (Å²) < 4.78 is 10.3. The number of ether oxygens (including phenoxy) is 2. The number of esters is 1. The Labute approximate surface area is 101 Å². The van der Waals surface area contributed by atoms with Crippen LogP contribution in [0.1, 0.15) is 25.8 Å². The molecule has 0 aliphatic heterocycles. The van der Waals surface area contributed by atoms with Gasteiger partial charge in [-0.05, 0) is 31.0 Å². The quantitative estimate of drug-likeness (QED) is 0.769. The van der Waals surface area contributed by atoms with Crippen molar-refractivity contribution in [2.24, 2.45) is 0 Å². The molecule has 1 unspecified atom stereocenters. The van der Waals surface area contributed by atoms with Gasteiger partial charge in [0.25, 0.3) is 0 Å². The van der Waals surface area contributed by atoms with Crippen molar-refractivity contribution in [3.63, 3.8) is 0 Å². The van der Waals surface area contributed by atoms with Crippen molar-refractivity contribution in [3.8, 4) is 5.75 Å². The van der Waals surface area contributed by atoms with Crippen LogP contribution in [0.4, 0.5) is 0 Å². The molecule has 4 nitrogen and oxygen atoms in total. The molecule has 0 saturated carbocycles. The Morgan fingerprint density at radius 3 is 2.53 bits per heavy atom. The Kier molecular flexibility index (Phi) is 5.49. The van der Waals surface area contributed by atoms with Crippen LogP contribution in [0.25, 0.3) is 0 Å². The van der Waals surface area contributed by atoms with E-state index in [9.17, 15) is 4.79 Å². The summed E-state index contributed by atoms with van der Waals surface area (Å²) in [6.07, 6.45) is 0.708. The fraction of sp³-hybridized carbons (Fsp3) is 0.462. The minimum absolute atomic E-state index is 0.00363. The van der Waals surface area contributed by atoms with E-state index >= 15 is 0 Å². The van der Waals surface area contributed by atoms with E-state index in [0.717, 1.165) is 12.0 Å². The second kappa shape index (κ2) is 6.91. The summed E-state index contributed by atoms with van der Waals surface area (Å²) in [5.74, 6) is 0.217. The average Bonchev–Trinajstić information content (AvgIpc) is 2.36. The fourth-order valence-corrected chi connectivity index (χ4v) is 1.18. The molecule has 17 heavy (non-hydrogen) atoms.